The van der Waals surface area contributed by atoms with Crippen LogP contribution >= 0.6 is 11.6 Å². The van der Waals surface area contributed by atoms with E-state index in [0.29, 0.717) is 11.4 Å². The highest BCUT2D eigenvalue weighted by atomic mass is 35.5. The number of nitrogens with one attached hydrogen (secondary N) is 2. The van der Waals surface area contributed by atoms with E-state index in [4.69, 9.17) is 16.3 Å². The Morgan fingerprint density at radius 1 is 1.50 bits per heavy atom. The lowest BCUT2D eigenvalue weighted by molar-refractivity contribution is -0.383. The van der Waals surface area contributed by atoms with Gasteiger partial charge in [0.15, 0.2) is 0 Å². The predicted molar refractivity (Wildman–Crippen MR) is 72.4 cm³/mol. The lowest BCUT2D eigenvalue weighted by Gasteiger charge is -2.18. The van der Waals surface area contributed by atoms with Crippen molar-refractivity contribution in [1.82, 2.24) is 0 Å². The van der Waals surface area contributed by atoms with Gasteiger partial charge in [0.1, 0.15) is 11.9 Å². The Labute approximate surface area is 110 Å². The number of ether oxygens (including phenoxy) is 1. The van der Waals surface area contributed by atoms with E-state index in [1.807, 2.05) is 6.92 Å². The Balaban J connectivity index is 3.11. The summed E-state index contributed by atoms with van der Waals surface area (Å²) < 4.78 is 5.19. The Morgan fingerprint density at radius 3 is 2.61 bits per heavy atom. The molecule has 0 heterocycles. The summed E-state index contributed by atoms with van der Waals surface area (Å²) in [4.78, 5) is 10.4. The van der Waals surface area contributed by atoms with Gasteiger partial charge in [0.25, 0.3) is 5.69 Å². The molecule has 0 saturated carbocycles. The summed E-state index contributed by atoms with van der Waals surface area (Å²) in [6.07, 6.45) is 0.562. The summed E-state index contributed by atoms with van der Waals surface area (Å²) in [5.41, 5.74) is 0.941. The third-order valence-electron chi connectivity index (χ3n) is 2.52. The monoisotopic (exact) mass is 273 g/mol. The fourth-order valence-electron chi connectivity index (χ4n) is 1.53. The number of rotatable bonds is 6. The molecule has 0 radical (unpaired) electrons. The fraction of sp³-hybridized carbons (Fsp3) is 0.455. The van der Waals surface area contributed by atoms with Gasteiger partial charge in [0, 0.05) is 20.2 Å². The summed E-state index contributed by atoms with van der Waals surface area (Å²) in [6.45, 7) is 1.96. The maximum absolute atomic E-state index is 10.8. The van der Waals surface area contributed by atoms with E-state index in [9.17, 15) is 10.1 Å². The van der Waals surface area contributed by atoms with Crippen LogP contribution in [0.3, 0.4) is 0 Å². The summed E-state index contributed by atoms with van der Waals surface area (Å²) >= 11 is 6.01. The molecule has 1 unspecified atom stereocenters. The number of anilines is 2. The molecule has 1 aromatic carbocycles. The van der Waals surface area contributed by atoms with Gasteiger partial charge in [0.05, 0.1) is 15.6 Å². The topological polar surface area (TPSA) is 76.4 Å². The maximum atomic E-state index is 10.8. The van der Waals surface area contributed by atoms with Crippen LogP contribution in [0.25, 0.3) is 0 Å². The van der Waals surface area contributed by atoms with Gasteiger partial charge >= 0.3 is 0 Å². The summed E-state index contributed by atoms with van der Waals surface area (Å²) in [7, 11) is 3.20. The van der Waals surface area contributed by atoms with Crippen LogP contribution in [0.2, 0.25) is 5.02 Å². The zero-order valence-electron chi connectivity index (χ0n) is 10.5. The molecule has 1 rings (SSSR count). The highest BCUT2D eigenvalue weighted by Gasteiger charge is 2.17. The molecule has 6 nitrogen and oxygen atoms in total. The molecule has 100 valence electrons. The summed E-state index contributed by atoms with van der Waals surface area (Å²) in [6, 6.07) is 2.92. The first kappa shape index (κ1) is 14.5. The van der Waals surface area contributed by atoms with Crippen molar-refractivity contribution < 1.29 is 9.66 Å². The molecule has 2 N–H and O–H groups in total. The van der Waals surface area contributed by atoms with Crippen LogP contribution in [-0.2, 0) is 4.74 Å². The van der Waals surface area contributed by atoms with E-state index in [1.54, 1.807) is 20.2 Å². The van der Waals surface area contributed by atoms with Gasteiger partial charge in [0.2, 0.25) is 0 Å². The van der Waals surface area contributed by atoms with Crippen molar-refractivity contribution in [2.24, 2.45) is 0 Å². The van der Waals surface area contributed by atoms with Crippen molar-refractivity contribution in [3.05, 3.63) is 27.3 Å². The van der Waals surface area contributed by atoms with Crippen LogP contribution < -0.4 is 10.6 Å². The molecular formula is C11H16ClN3O3. The van der Waals surface area contributed by atoms with Crippen molar-refractivity contribution in [1.29, 1.82) is 0 Å². The van der Waals surface area contributed by atoms with Gasteiger partial charge in [-0.05, 0) is 12.5 Å². The van der Waals surface area contributed by atoms with Gasteiger partial charge in [-0.3, -0.25) is 10.1 Å². The molecule has 0 aliphatic heterocycles. The molecule has 7 heteroatoms. The van der Waals surface area contributed by atoms with E-state index >= 15 is 0 Å². The largest absolute Gasteiger partial charge is 0.383 e. The minimum atomic E-state index is -0.477. The second-order valence-corrected chi connectivity index (χ2v) is 4.04. The number of hydrogen-bond donors (Lipinski definition) is 2. The summed E-state index contributed by atoms with van der Waals surface area (Å²) in [5, 5.41) is 17.0. The van der Waals surface area contributed by atoms with Crippen molar-refractivity contribution in [2.45, 2.75) is 19.6 Å². The molecule has 0 saturated heterocycles. The van der Waals surface area contributed by atoms with Crippen LogP contribution in [-0.4, -0.2) is 25.3 Å². The molecular weight excluding hydrogens is 258 g/mol. The lowest BCUT2D eigenvalue weighted by atomic mass is 10.2. The van der Waals surface area contributed by atoms with E-state index in [2.05, 4.69) is 10.6 Å². The molecule has 0 bridgehead atoms. The molecule has 0 aliphatic rings. The Bertz CT molecular complexity index is 436. The zero-order valence-corrected chi connectivity index (χ0v) is 11.2. The second kappa shape index (κ2) is 6.42. The summed E-state index contributed by atoms with van der Waals surface area (Å²) in [5.74, 6) is 0. The van der Waals surface area contributed by atoms with Gasteiger partial charge < -0.3 is 15.4 Å². The fourth-order valence-corrected chi connectivity index (χ4v) is 1.74. The lowest BCUT2D eigenvalue weighted by Crippen LogP contribution is -2.20. The van der Waals surface area contributed by atoms with Crippen molar-refractivity contribution in [3.8, 4) is 0 Å². The Morgan fingerprint density at radius 2 is 2.17 bits per heavy atom. The highest BCUT2D eigenvalue weighted by molar-refractivity contribution is 6.33. The van der Waals surface area contributed by atoms with Crippen LogP contribution in [0.15, 0.2) is 12.1 Å². The number of nitrogens with zero attached hydrogens (tertiary/aromatic N) is 1. The quantitative estimate of drug-likeness (QED) is 0.473. The molecule has 18 heavy (non-hydrogen) atoms. The maximum Gasteiger partial charge on any atom is 0.293 e. The van der Waals surface area contributed by atoms with Gasteiger partial charge in [-0.1, -0.05) is 18.5 Å². The van der Waals surface area contributed by atoms with Crippen LogP contribution in [0, 0.1) is 10.1 Å². The number of nitro groups is 1. The van der Waals surface area contributed by atoms with Crippen molar-refractivity contribution in [2.75, 3.05) is 24.8 Å². The van der Waals surface area contributed by atoms with E-state index < -0.39 is 4.92 Å². The smallest absolute Gasteiger partial charge is 0.293 e. The van der Waals surface area contributed by atoms with Crippen molar-refractivity contribution in [3.63, 3.8) is 0 Å². The SMILES string of the molecule is CCC(Nc1cc(NC)c([N+](=O)[O-])cc1Cl)OC. The van der Waals surface area contributed by atoms with Gasteiger partial charge in [-0.15, -0.1) is 0 Å². The normalized spacial score (nSPS) is 12.0. The number of nitro benzene ring substituents is 1. The standard InChI is InChI=1S/C11H16ClN3O3/c1-4-11(18-3)14-8-6-9(13-2)10(15(16)17)5-7(8)12/h5-6,11,13-14H,4H2,1-3H3. The molecule has 0 aliphatic carbocycles. The zero-order chi connectivity index (χ0) is 13.7. The highest BCUT2D eigenvalue weighted by Crippen LogP contribution is 2.34. The molecule has 0 spiro atoms. The minimum absolute atomic E-state index is 0.0569. The van der Waals surface area contributed by atoms with E-state index in [-0.39, 0.29) is 16.9 Å². The van der Waals surface area contributed by atoms with E-state index in [1.165, 1.54) is 6.07 Å². The molecule has 1 aromatic rings. The van der Waals surface area contributed by atoms with Crippen LogP contribution in [0.1, 0.15) is 13.3 Å². The molecule has 1 atom stereocenters. The second-order valence-electron chi connectivity index (χ2n) is 3.63. The average Bonchev–Trinajstić information content (AvgIpc) is 2.36. The Hall–Kier alpha value is -1.53. The van der Waals surface area contributed by atoms with Crippen LogP contribution in [0.5, 0.6) is 0 Å². The first-order chi connectivity index (χ1) is 8.53. The third-order valence-corrected chi connectivity index (χ3v) is 2.84. The van der Waals surface area contributed by atoms with Crippen LogP contribution in [0.4, 0.5) is 17.1 Å². The molecule has 0 fully saturated rings. The molecule has 0 aromatic heterocycles. The van der Waals surface area contributed by atoms with Gasteiger partial charge in [-0.2, -0.15) is 0 Å². The number of methoxy groups -OCH3 is 1. The minimum Gasteiger partial charge on any atom is -0.383 e. The van der Waals surface area contributed by atoms with E-state index in [0.717, 1.165) is 6.42 Å². The molecule has 0 amide bonds. The Kier molecular flexibility index (Phi) is 5.18. The predicted octanol–water partition coefficient (Wildman–Crippen LogP) is 3.08. The van der Waals surface area contributed by atoms with Crippen molar-refractivity contribution >= 4 is 28.7 Å². The number of halogens is 1. The van der Waals surface area contributed by atoms with Gasteiger partial charge in [-0.25, -0.2) is 0 Å². The number of benzene rings is 1. The first-order valence-corrected chi connectivity index (χ1v) is 5.86. The third kappa shape index (κ3) is 3.24. The number of hydrogen-bond acceptors (Lipinski definition) is 5. The first-order valence-electron chi connectivity index (χ1n) is 5.48. The average molecular weight is 274 g/mol.